The van der Waals surface area contributed by atoms with Gasteiger partial charge in [0.25, 0.3) is 0 Å². The van der Waals surface area contributed by atoms with Crippen LogP contribution < -0.4 is 4.90 Å². The summed E-state index contributed by atoms with van der Waals surface area (Å²) in [4.78, 5) is 12.0. The van der Waals surface area contributed by atoms with Crippen LogP contribution in [0.1, 0.15) is 42.3 Å². The molecule has 0 spiro atoms. The quantitative estimate of drug-likeness (QED) is 0.172. The number of anilines is 3. The summed E-state index contributed by atoms with van der Waals surface area (Å²) >= 11 is 0. The van der Waals surface area contributed by atoms with E-state index in [1.54, 1.807) is 0 Å². The molecule has 0 radical (unpaired) electrons. The molecule has 1 aliphatic heterocycles. The fraction of sp³-hybridized carbons (Fsp3) is 0.0833. The van der Waals surface area contributed by atoms with E-state index >= 15 is 4.39 Å². The number of pyridine rings is 2. The maximum absolute atomic E-state index is 17.1. The largest absolute Gasteiger partial charge is 0.307 e. The average Bonchev–Trinajstić information content (AvgIpc) is 3.85. The number of rotatable bonds is 4. The highest BCUT2D eigenvalue weighted by atomic mass is 19.1. The van der Waals surface area contributed by atoms with Crippen LogP contribution in [0, 0.1) is 0 Å². The van der Waals surface area contributed by atoms with Crippen molar-refractivity contribution >= 4 is 66.3 Å². The van der Waals surface area contributed by atoms with Crippen molar-refractivity contribution in [3.8, 4) is 5.69 Å². The number of nitrogens with zero attached hydrogens (tertiary/aromatic N) is 5. The van der Waals surface area contributed by atoms with Crippen LogP contribution in [0.3, 0.4) is 0 Å². The molecule has 5 heterocycles. The minimum Gasteiger partial charge on any atom is -0.307 e. The van der Waals surface area contributed by atoms with Crippen LogP contribution in [0.5, 0.6) is 0 Å². The molecule has 258 valence electrons. The Morgan fingerprint density at radius 1 is 0.556 bits per heavy atom. The topological polar surface area (TPSA) is 38.4 Å². The smallest absolute Gasteiger partial charge is 0.150 e. The van der Waals surface area contributed by atoms with E-state index in [2.05, 4.69) is 119 Å². The zero-order chi connectivity index (χ0) is 36.1. The van der Waals surface area contributed by atoms with Crippen molar-refractivity contribution in [2.45, 2.75) is 25.4 Å². The molecule has 0 fully saturated rings. The van der Waals surface area contributed by atoms with E-state index in [0.717, 1.165) is 72.2 Å². The molecule has 11 rings (SSSR count). The second-order valence-corrected chi connectivity index (χ2v) is 14.8. The predicted octanol–water partition coefficient (Wildman–Crippen LogP) is 12.3. The minimum absolute atomic E-state index is 0.352. The molecule has 0 amide bonds. The van der Waals surface area contributed by atoms with Crippen LogP contribution in [-0.4, -0.2) is 18.9 Å². The molecule has 54 heavy (non-hydrogen) atoms. The Kier molecular flexibility index (Phi) is 6.48. The maximum Gasteiger partial charge on any atom is 0.150 e. The van der Waals surface area contributed by atoms with Gasteiger partial charge in [0.05, 0.1) is 22.2 Å². The molecule has 6 aromatic carbocycles. The summed E-state index contributed by atoms with van der Waals surface area (Å²) in [5.74, 6) is 0.846. The molecule has 1 unspecified atom stereocenters. The lowest BCUT2D eigenvalue weighted by Crippen LogP contribution is -2.31. The van der Waals surface area contributed by atoms with Gasteiger partial charge in [0.2, 0.25) is 0 Å². The van der Waals surface area contributed by atoms with E-state index in [0.29, 0.717) is 11.1 Å². The molecule has 1 atom stereocenters. The first-order valence-corrected chi connectivity index (χ1v) is 18.4. The van der Waals surface area contributed by atoms with Gasteiger partial charge in [-0.1, -0.05) is 111 Å². The van der Waals surface area contributed by atoms with Crippen molar-refractivity contribution in [1.82, 2.24) is 18.9 Å². The van der Waals surface area contributed by atoms with Crippen molar-refractivity contribution in [1.29, 1.82) is 0 Å². The van der Waals surface area contributed by atoms with Gasteiger partial charge < -0.3 is 4.57 Å². The molecule has 4 aromatic heterocycles. The van der Waals surface area contributed by atoms with Crippen LogP contribution in [-0.2, 0) is 5.41 Å². The molecular formula is C48H34FN5. The number of halogens is 1. The Hall–Kier alpha value is -6.79. The van der Waals surface area contributed by atoms with E-state index in [9.17, 15) is 0 Å². The standard InChI is InChI=1S/C48H34FN5/c1-48(2)39-24-23-37-36-17-7-9-20-42(36)53(32-13-4-3-5-14-32)44(37)45(39)54(47-40(48)18-11-25-50-47)33-15-10-12-30(28-33)43(49)31-21-22-34-35-16-6-8-19-41(35)52-27-26-51-46(52)38(34)29-31/h3-29,43H,1-2H3. The van der Waals surface area contributed by atoms with Gasteiger partial charge in [-0.05, 0) is 70.6 Å². The number of hydrogen-bond acceptors (Lipinski definition) is 3. The highest BCUT2D eigenvalue weighted by Crippen LogP contribution is 2.55. The number of alkyl halides is 1. The van der Waals surface area contributed by atoms with Gasteiger partial charge in [0.1, 0.15) is 11.5 Å². The first kappa shape index (κ1) is 30.8. The van der Waals surface area contributed by atoms with Crippen LogP contribution in [0.2, 0.25) is 0 Å². The third-order valence-electron chi connectivity index (χ3n) is 11.5. The molecular weight excluding hydrogens is 666 g/mol. The van der Waals surface area contributed by atoms with Crippen molar-refractivity contribution < 1.29 is 4.39 Å². The Morgan fingerprint density at radius 2 is 1.28 bits per heavy atom. The molecule has 1 aliphatic rings. The normalized spacial score (nSPS) is 14.2. The monoisotopic (exact) mass is 699 g/mol. The van der Waals surface area contributed by atoms with Gasteiger partial charge in [-0.15, -0.1) is 0 Å². The highest BCUT2D eigenvalue weighted by Gasteiger charge is 2.40. The molecule has 0 saturated carbocycles. The first-order chi connectivity index (χ1) is 26.5. The van der Waals surface area contributed by atoms with E-state index in [1.807, 2.05) is 73.2 Å². The van der Waals surface area contributed by atoms with Gasteiger partial charge >= 0.3 is 0 Å². The van der Waals surface area contributed by atoms with Crippen LogP contribution in [0.25, 0.3) is 54.8 Å². The SMILES string of the molecule is CC1(C)c2cccnc2N(c2cccc(C(F)c3ccc4c5ccccc5n5ccnc5c4c3)c2)c2c1ccc1c3ccccc3n(-c3ccccc3)c21. The number of aromatic nitrogens is 4. The molecule has 6 heteroatoms. The summed E-state index contributed by atoms with van der Waals surface area (Å²) < 4.78 is 21.6. The van der Waals surface area contributed by atoms with Gasteiger partial charge in [-0.25, -0.2) is 14.4 Å². The third kappa shape index (κ3) is 4.25. The highest BCUT2D eigenvalue weighted by molar-refractivity contribution is 6.16. The fourth-order valence-electron chi connectivity index (χ4n) is 8.94. The summed E-state index contributed by atoms with van der Waals surface area (Å²) in [6, 6.07) is 50.0. The Morgan fingerprint density at radius 3 is 2.13 bits per heavy atom. The molecule has 0 N–H and O–H groups in total. The van der Waals surface area contributed by atoms with Crippen molar-refractivity contribution in [3.05, 3.63) is 186 Å². The molecule has 0 aliphatic carbocycles. The van der Waals surface area contributed by atoms with Gasteiger partial charge in [0, 0.05) is 62.5 Å². The van der Waals surface area contributed by atoms with E-state index in [1.165, 1.54) is 10.9 Å². The van der Waals surface area contributed by atoms with Gasteiger partial charge in [-0.2, -0.15) is 0 Å². The minimum atomic E-state index is -1.37. The van der Waals surface area contributed by atoms with Gasteiger partial charge in [-0.3, -0.25) is 9.30 Å². The Bertz CT molecular complexity index is 3120. The summed E-state index contributed by atoms with van der Waals surface area (Å²) in [5.41, 5.74) is 10.2. The van der Waals surface area contributed by atoms with E-state index in [-0.39, 0.29) is 5.41 Å². The lowest BCUT2D eigenvalue weighted by molar-refractivity contribution is 0.402. The second-order valence-electron chi connectivity index (χ2n) is 14.8. The van der Waals surface area contributed by atoms with E-state index in [4.69, 9.17) is 9.97 Å². The second kappa shape index (κ2) is 11.4. The molecule has 0 saturated heterocycles. The van der Waals surface area contributed by atoms with Crippen LogP contribution in [0.15, 0.2) is 164 Å². The molecule has 0 bridgehead atoms. The number of imidazole rings is 1. The maximum atomic E-state index is 17.1. The van der Waals surface area contributed by atoms with Crippen molar-refractivity contribution in [3.63, 3.8) is 0 Å². The summed E-state index contributed by atoms with van der Waals surface area (Å²) in [6.45, 7) is 4.55. The summed E-state index contributed by atoms with van der Waals surface area (Å²) in [5, 5.41) is 5.43. The average molecular weight is 700 g/mol. The van der Waals surface area contributed by atoms with E-state index < -0.39 is 6.17 Å². The Labute approximate surface area is 311 Å². The Balaban J connectivity index is 1.14. The number of fused-ring (bicyclic) bond motifs is 12. The summed E-state index contributed by atoms with van der Waals surface area (Å²) in [7, 11) is 0. The molecule has 5 nitrogen and oxygen atoms in total. The zero-order valence-electron chi connectivity index (χ0n) is 29.8. The van der Waals surface area contributed by atoms with Crippen molar-refractivity contribution in [2.24, 2.45) is 0 Å². The molecule has 10 aromatic rings. The van der Waals surface area contributed by atoms with Crippen LogP contribution >= 0.6 is 0 Å². The predicted molar refractivity (Wildman–Crippen MR) is 219 cm³/mol. The number of hydrogen-bond donors (Lipinski definition) is 0. The number of benzene rings is 6. The lowest BCUT2D eigenvalue weighted by Gasteiger charge is -2.41. The summed E-state index contributed by atoms with van der Waals surface area (Å²) in [6.07, 6.45) is 4.27. The van der Waals surface area contributed by atoms with Crippen molar-refractivity contribution in [2.75, 3.05) is 4.90 Å². The zero-order valence-corrected chi connectivity index (χ0v) is 29.8. The van der Waals surface area contributed by atoms with Gasteiger partial charge in [0.15, 0.2) is 6.17 Å². The fourth-order valence-corrected chi connectivity index (χ4v) is 8.94. The third-order valence-corrected chi connectivity index (χ3v) is 11.5. The number of para-hydroxylation sites is 3. The van der Waals surface area contributed by atoms with Crippen LogP contribution in [0.4, 0.5) is 21.6 Å². The lowest BCUT2D eigenvalue weighted by atomic mass is 9.74. The first-order valence-electron chi connectivity index (χ1n) is 18.4.